The van der Waals surface area contributed by atoms with E-state index in [1.165, 1.54) is 0 Å². The first-order valence-corrected chi connectivity index (χ1v) is 5.04. The summed E-state index contributed by atoms with van der Waals surface area (Å²) in [5.74, 6) is 0.528. The molecule has 0 saturated heterocycles. The zero-order valence-corrected chi connectivity index (χ0v) is 9.03. The van der Waals surface area contributed by atoms with Gasteiger partial charge in [-0.3, -0.25) is 0 Å². The van der Waals surface area contributed by atoms with E-state index >= 15 is 0 Å². The van der Waals surface area contributed by atoms with Gasteiger partial charge in [-0.15, -0.1) is 0 Å². The number of hydrogen-bond donors (Lipinski definition) is 1. The Bertz CT molecular complexity index is 449. The van der Waals surface area contributed by atoms with Gasteiger partial charge in [-0.1, -0.05) is 23.7 Å². The lowest BCUT2D eigenvalue weighted by molar-refractivity contribution is 0.188. The summed E-state index contributed by atoms with van der Waals surface area (Å²) in [5, 5.41) is 10.7. The highest BCUT2D eigenvalue weighted by Crippen LogP contribution is 2.28. The van der Waals surface area contributed by atoms with E-state index in [2.05, 4.69) is 0 Å². The fraction of sp³-hybridized carbons (Fsp3) is 0.167. The summed E-state index contributed by atoms with van der Waals surface area (Å²) in [6.45, 7) is 1.88. The smallest absolute Gasteiger partial charge is 0.137 e. The van der Waals surface area contributed by atoms with Crippen LogP contribution in [0.2, 0.25) is 5.02 Å². The van der Waals surface area contributed by atoms with Gasteiger partial charge >= 0.3 is 0 Å². The van der Waals surface area contributed by atoms with E-state index in [0.29, 0.717) is 10.8 Å². The van der Waals surface area contributed by atoms with Gasteiger partial charge in [0.05, 0.1) is 6.26 Å². The van der Waals surface area contributed by atoms with E-state index in [-0.39, 0.29) is 0 Å². The Morgan fingerprint density at radius 2 is 2.07 bits per heavy atom. The molecule has 3 heteroatoms. The molecule has 0 fully saturated rings. The Kier molecular flexibility index (Phi) is 2.80. The molecule has 1 heterocycles. The maximum atomic E-state index is 10.0. The molecule has 1 aromatic carbocycles. The third kappa shape index (κ3) is 1.91. The molecule has 0 aliphatic rings. The van der Waals surface area contributed by atoms with E-state index in [4.69, 9.17) is 16.0 Å². The van der Waals surface area contributed by atoms with Crippen molar-refractivity contribution in [1.82, 2.24) is 0 Å². The van der Waals surface area contributed by atoms with Crippen LogP contribution < -0.4 is 0 Å². The van der Waals surface area contributed by atoms with Gasteiger partial charge in [0.25, 0.3) is 0 Å². The van der Waals surface area contributed by atoms with E-state index in [0.717, 1.165) is 11.1 Å². The fourth-order valence-electron chi connectivity index (χ4n) is 1.52. The largest absolute Gasteiger partial charge is 0.466 e. The molecule has 1 atom stereocenters. The molecule has 1 unspecified atom stereocenters. The number of furan rings is 1. The van der Waals surface area contributed by atoms with Gasteiger partial charge < -0.3 is 9.52 Å². The van der Waals surface area contributed by atoms with Gasteiger partial charge in [-0.25, -0.2) is 0 Å². The second kappa shape index (κ2) is 4.09. The number of hydrogen-bond acceptors (Lipinski definition) is 2. The van der Waals surface area contributed by atoms with Crippen LogP contribution in [0, 0.1) is 6.92 Å². The zero-order valence-electron chi connectivity index (χ0n) is 8.27. The molecule has 2 nitrogen and oxygen atoms in total. The number of benzene rings is 1. The van der Waals surface area contributed by atoms with Gasteiger partial charge in [0, 0.05) is 5.02 Å². The number of halogens is 1. The van der Waals surface area contributed by atoms with Gasteiger partial charge in [0.15, 0.2) is 0 Å². The van der Waals surface area contributed by atoms with Crippen LogP contribution in [0.1, 0.15) is 23.0 Å². The molecule has 2 aromatic rings. The van der Waals surface area contributed by atoms with Gasteiger partial charge in [0.1, 0.15) is 11.9 Å². The second-order valence-electron chi connectivity index (χ2n) is 3.37. The summed E-state index contributed by atoms with van der Waals surface area (Å²) >= 11 is 5.98. The van der Waals surface area contributed by atoms with Crippen molar-refractivity contribution < 1.29 is 9.52 Å². The van der Waals surface area contributed by atoms with Crippen LogP contribution >= 0.6 is 11.6 Å². The maximum absolute atomic E-state index is 10.0. The molecule has 78 valence electrons. The standard InChI is InChI=1S/C12H11ClO2/c1-8-9(4-2-5-10(8)13)12(14)11-6-3-7-15-11/h2-7,12,14H,1H3. The van der Waals surface area contributed by atoms with Crippen molar-refractivity contribution in [2.24, 2.45) is 0 Å². The predicted octanol–water partition coefficient (Wildman–Crippen LogP) is 3.32. The monoisotopic (exact) mass is 222 g/mol. The summed E-state index contributed by atoms with van der Waals surface area (Å²) < 4.78 is 5.15. The van der Waals surface area contributed by atoms with Crippen LogP contribution in [0.3, 0.4) is 0 Å². The van der Waals surface area contributed by atoms with Gasteiger partial charge in [-0.05, 0) is 36.2 Å². The summed E-state index contributed by atoms with van der Waals surface area (Å²) in [6.07, 6.45) is 0.789. The molecule has 1 aromatic heterocycles. The number of aliphatic hydroxyl groups excluding tert-OH is 1. The third-order valence-electron chi connectivity index (χ3n) is 2.42. The van der Waals surface area contributed by atoms with E-state index in [1.54, 1.807) is 24.5 Å². The molecule has 1 N–H and O–H groups in total. The fourth-order valence-corrected chi connectivity index (χ4v) is 1.70. The maximum Gasteiger partial charge on any atom is 0.137 e. The predicted molar refractivity (Wildman–Crippen MR) is 59.0 cm³/mol. The van der Waals surface area contributed by atoms with E-state index in [9.17, 15) is 5.11 Å². The molecule has 0 spiro atoms. The summed E-state index contributed by atoms with van der Waals surface area (Å²) in [6, 6.07) is 8.95. The minimum Gasteiger partial charge on any atom is -0.466 e. The van der Waals surface area contributed by atoms with Crippen molar-refractivity contribution in [2.45, 2.75) is 13.0 Å². The third-order valence-corrected chi connectivity index (χ3v) is 2.83. The first-order valence-electron chi connectivity index (χ1n) is 4.66. The lowest BCUT2D eigenvalue weighted by Crippen LogP contribution is -2.00. The van der Waals surface area contributed by atoms with Crippen LogP contribution in [0.25, 0.3) is 0 Å². The SMILES string of the molecule is Cc1c(Cl)cccc1C(O)c1ccco1. The molecule has 0 amide bonds. The quantitative estimate of drug-likeness (QED) is 0.846. The molecule has 0 saturated carbocycles. The minimum atomic E-state index is -0.751. The average Bonchev–Trinajstić information content (AvgIpc) is 2.74. The van der Waals surface area contributed by atoms with Crippen LogP contribution in [-0.4, -0.2) is 5.11 Å². The van der Waals surface area contributed by atoms with Crippen molar-refractivity contribution in [3.8, 4) is 0 Å². The molecular formula is C12H11ClO2. The number of rotatable bonds is 2. The Balaban J connectivity index is 2.42. The highest BCUT2D eigenvalue weighted by Gasteiger charge is 2.16. The van der Waals surface area contributed by atoms with Crippen molar-refractivity contribution in [1.29, 1.82) is 0 Å². The van der Waals surface area contributed by atoms with Crippen LogP contribution in [0.4, 0.5) is 0 Å². The lowest BCUT2D eigenvalue weighted by atomic mass is 10.0. The molecule has 2 rings (SSSR count). The molecule has 0 bridgehead atoms. The van der Waals surface area contributed by atoms with Gasteiger partial charge in [0.2, 0.25) is 0 Å². The van der Waals surface area contributed by atoms with Crippen molar-refractivity contribution in [3.05, 3.63) is 58.5 Å². The van der Waals surface area contributed by atoms with E-state index < -0.39 is 6.10 Å². The Hall–Kier alpha value is -1.25. The first kappa shape index (κ1) is 10.3. The molecular weight excluding hydrogens is 212 g/mol. The van der Waals surface area contributed by atoms with E-state index in [1.807, 2.05) is 19.1 Å². The highest BCUT2D eigenvalue weighted by atomic mass is 35.5. The molecule has 0 radical (unpaired) electrons. The topological polar surface area (TPSA) is 33.4 Å². The Labute approximate surface area is 93.1 Å². The Morgan fingerprint density at radius 3 is 2.73 bits per heavy atom. The summed E-state index contributed by atoms with van der Waals surface area (Å²) in [7, 11) is 0. The molecule has 0 aliphatic carbocycles. The second-order valence-corrected chi connectivity index (χ2v) is 3.78. The average molecular weight is 223 g/mol. The van der Waals surface area contributed by atoms with Crippen molar-refractivity contribution in [2.75, 3.05) is 0 Å². The minimum absolute atomic E-state index is 0.528. The zero-order chi connectivity index (χ0) is 10.8. The summed E-state index contributed by atoms with van der Waals surface area (Å²) in [5.41, 5.74) is 1.65. The first-order chi connectivity index (χ1) is 7.20. The van der Waals surface area contributed by atoms with Crippen LogP contribution in [0.15, 0.2) is 41.0 Å². The Morgan fingerprint density at radius 1 is 1.27 bits per heavy atom. The molecule has 0 aliphatic heterocycles. The van der Waals surface area contributed by atoms with Crippen LogP contribution in [0.5, 0.6) is 0 Å². The highest BCUT2D eigenvalue weighted by molar-refractivity contribution is 6.31. The van der Waals surface area contributed by atoms with Gasteiger partial charge in [-0.2, -0.15) is 0 Å². The van der Waals surface area contributed by atoms with Crippen molar-refractivity contribution in [3.63, 3.8) is 0 Å². The number of aliphatic hydroxyl groups is 1. The molecule has 15 heavy (non-hydrogen) atoms. The summed E-state index contributed by atoms with van der Waals surface area (Å²) in [4.78, 5) is 0. The van der Waals surface area contributed by atoms with Crippen molar-refractivity contribution >= 4 is 11.6 Å². The lowest BCUT2D eigenvalue weighted by Gasteiger charge is -2.12. The van der Waals surface area contributed by atoms with Crippen LogP contribution in [-0.2, 0) is 0 Å². The normalized spacial score (nSPS) is 12.7.